The van der Waals surface area contributed by atoms with Gasteiger partial charge in [0.2, 0.25) is 0 Å². The summed E-state index contributed by atoms with van der Waals surface area (Å²) in [4.78, 5) is 0. The maximum absolute atomic E-state index is 12.7. The molecular weight excluding hydrogens is 865 g/mol. The van der Waals surface area contributed by atoms with Gasteiger partial charge >= 0.3 is 137 Å². The average Bonchev–Trinajstić information content (AvgIpc) is 3.68. The SMILES string of the molecule is CC(C)(C)c1ccc2[cH-]c3ccc(C(C)(C)C)cc3c2c1.CC1=[C-]C(C)C=C1c1ccccc1.FC(F)(F)c1cccc([C](=[Zr+2])c2cccc(C(F)(F)F)c2)c1.[Cl-].[Cl-]. The number of allylic oxidation sites excluding steroid dienone is 4. The van der Waals surface area contributed by atoms with Gasteiger partial charge in [0, 0.05) is 0 Å². The minimum absolute atomic E-state index is 0. The van der Waals surface area contributed by atoms with Gasteiger partial charge in [-0.15, -0.1) is 45.3 Å². The molecule has 1 aliphatic rings. The van der Waals surface area contributed by atoms with Crippen molar-refractivity contribution in [2.75, 3.05) is 0 Å². The Bertz CT molecular complexity index is 2280. The van der Waals surface area contributed by atoms with E-state index in [4.69, 9.17) is 0 Å². The normalized spacial score (nSPS) is 14.2. The van der Waals surface area contributed by atoms with Crippen molar-refractivity contribution in [3.8, 4) is 0 Å². The number of benzene rings is 5. The molecule has 0 aromatic heterocycles. The summed E-state index contributed by atoms with van der Waals surface area (Å²) in [6.45, 7) is 18.0. The first-order chi connectivity index (χ1) is 26.0. The summed E-state index contributed by atoms with van der Waals surface area (Å²) in [7, 11) is 0. The Morgan fingerprint density at radius 2 is 1.00 bits per heavy atom. The molecule has 0 saturated heterocycles. The van der Waals surface area contributed by atoms with Crippen molar-refractivity contribution in [3.05, 3.63) is 178 Å². The molecule has 58 heavy (non-hydrogen) atoms. The zero-order valence-corrected chi connectivity index (χ0v) is 37.7. The molecule has 0 radical (unpaired) electrons. The molecule has 0 bridgehead atoms. The first-order valence-electron chi connectivity index (χ1n) is 18.5. The zero-order chi connectivity index (χ0) is 41.2. The molecule has 6 aromatic carbocycles. The Morgan fingerprint density at radius 1 is 0.569 bits per heavy atom. The van der Waals surface area contributed by atoms with Crippen molar-refractivity contribution >= 4 is 30.3 Å². The van der Waals surface area contributed by atoms with Gasteiger partial charge in [-0.1, -0.05) is 127 Å². The summed E-state index contributed by atoms with van der Waals surface area (Å²) in [5, 5.41) is 5.49. The van der Waals surface area contributed by atoms with E-state index in [1.54, 1.807) is 0 Å². The predicted octanol–water partition coefficient (Wildman–Crippen LogP) is 8.62. The van der Waals surface area contributed by atoms with E-state index in [2.05, 4.69) is 134 Å². The third kappa shape index (κ3) is 12.2. The van der Waals surface area contributed by atoms with Crippen LogP contribution < -0.4 is 24.8 Å². The molecule has 1 unspecified atom stereocenters. The smallest absolute Gasteiger partial charge is 1.00 e. The summed E-state index contributed by atoms with van der Waals surface area (Å²) >= 11 is 0.729. The Morgan fingerprint density at radius 3 is 1.36 bits per heavy atom. The van der Waals surface area contributed by atoms with E-state index in [-0.39, 0.29) is 46.8 Å². The van der Waals surface area contributed by atoms with Gasteiger partial charge in [-0.3, -0.25) is 6.08 Å². The molecule has 0 amide bonds. The average molecular weight is 911 g/mol. The van der Waals surface area contributed by atoms with Crippen LogP contribution in [0.25, 0.3) is 27.1 Å². The monoisotopic (exact) mass is 908 g/mol. The van der Waals surface area contributed by atoms with Crippen LogP contribution in [0.15, 0.2) is 133 Å². The maximum Gasteiger partial charge on any atom is -1.00 e. The van der Waals surface area contributed by atoms with E-state index in [1.807, 2.05) is 6.07 Å². The van der Waals surface area contributed by atoms with E-state index in [0.717, 1.165) is 48.5 Å². The van der Waals surface area contributed by atoms with Gasteiger partial charge in [0.25, 0.3) is 0 Å². The topological polar surface area (TPSA) is 0 Å². The van der Waals surface area contributed by atoms with E-state index >= 15 is 0 Å². The van der Waals surface area contributed by atoms with Crippen LogP contribution in [-0.2, 0) is 47.4 Å². The van der Waals surface area contributed by atoms with Gasteiger partial charge in [-0.25, -0.2) is 5.57 Å². The van der Waals surface area contributed by atoms with Crippen LogP contribution in [0.5, 0.6) is 0 Å². The number of alkyl halides is 6. The molecule has 0 saturated carbocycles. The van der Waals surface area contributed by atoms with E-state index in [1.165, 1.54) is 73.6 Å². The fraction of sp³-hybridized carbons (Fsp3) is 0.265. The largest absolute Gasteiger partial charge is 1.00 e. The summed E-state index contributed by atoms with van der Waals surface area (Å²) in [6.07, 6.45) is -3.31. The summed E-state index contributed by atoms with van der Waals surface area (Å²) in [5.74, 6) is 0.468. The second-order valence-electron chi connectivity index (χ2n) is 16.3. The second kappa shape index (κ2) is 19.2. The van der Waals surface area contributed by atoms with Crippen molar-refractivity contribution in [2.24, 2.45) is 5.92 Å². The van der Waals surface area contributed by atoms with Crippen molar-refractivity contribution in [1.82, 2.24) is 0 Å². The fourth-order valence-electron chi connectivity index (χ4n) is 6.57. The molecule has 6 aromatic rings. The van der Waals surface area contributed by atoms with Crippen LogP contribution in [0.4, 0.5) is 26.3 Å². The first kappa shape index (κ1) is 48.7. The Balaban J connectivity index is 0.000000236. The number of hydrogen-bond donors (Lipinski definition) is 0. The van der Waals surface area contributed by atoms with Crippen LogP contribution in [-0.4, -0.2) is 3.21 Å². The third-order valence-corrected chi connectivity index (χ3v) is 11.2. The minimum Gasteiger partial charge on any atom is -1.00 e. The standard InChI is InChI=1S/C21H25.C15H8F6.C13H13.2ClH.Zr/c1-20(2,3)16-9-7-14-11-15-8-10-17(21(4,5)6)13-19(15)18(14)12-16;16-14(17,18)12-5-1-3-10(8-12)7-11-4-2-6-13(9-11)15(19,20)21;1-10-8-11(2)13(9-10)12-6-4-3-5-7-12;;;/h7-13H,1-6H3;1-6,8-9H;3-7,9-10H,1-2H3;2*1H;/q-1;;-1;;;+2/p-2. The fourth-order valence-corrected chi connectivity index (χ4v) is 7.33. The zero-order valence-electron chi connectivity index (χ0n) is 33.7. The van der Waals surface area contributed by atoms with Crippen molar-refractivity contribution in [2.45, 2.75) is 78.6 Å². The Kier molecular flexibility index (Phi) is 16.1. The van der Waals surface area contributed by atoms with Gasteiger partial charge < -0.3 is 24.8 Å². The van der Waals surface area contributed by atoms with Gasteiger partial charge in [0.1, 0.15) is 0 Å². The first-order valence-corrected chi connectivity index (χ1v) is 19.7. The Hall–Kier alpha value is -3.64. The van der Waals surface area contributed by atoms with Gasteiger partial charge in [0.05, 0.1) is 0 Å². The van der Waals surface area contributed by atoms with Gasteiger partial charge in [-0.05, 0) is 10.8 Å². The summed E-state index contributed by atoms with van der Waals surface area (Å²) in [6, 6.07) is 35.8. The van der Waals surface area contributed by atoms with Gasteiger partial charge in [-0.2, -0.15) is 11.6 Å². The van der Waals surface area contributed by atoms with Crippen LogP contribution in [0.3, 0.4) is 0 Å². The molecule has 7 rings (SSSR count). The van der Waals surface area contributed by atoms with Crippen molar-refractivity contribution < 1.29 is 75.4 Å². The molecule has 0 aliphatic heterocycles. The molecular formula is C49H46Cl2F6Zr-2. The van der Waals surface area contributed by atoms with Crippen LogP contribution >= 0.6 is 0 Å². The van der Waals surface area contributed by atoms with Crippen molar-refractivity contribution in [1.29, 1.82) is 0 Å². The summed E-state index contributed by atoms with van der Waals surface area (Å²) in [5.41, 5.74) is 6.02. The van der Waals surface area contributed by atoms with Crippen molar-refractivity contribution in [3.63, 3.8) is 0 Å². The molecule has 0 heterocycles. The minimum atomic E-state index is -4.49. The van der Waals surface area contributed by atoms with E-state index in [9.17, 15) is 26.3 Å². The van der Waals surface area contributed by atoms with E-state index < -0.39 is 23.5 Å². The van der Waals surface area contributed by atoms with Crippen LogP contribution in [0.2, 0.25) is 0 Å². The maximum atomic E-state index is 12.7. The molecule has 0 N–H and O–H groups in total. The van der Waals surface area contributed by atoms with E-state index in [0.29, 0.717) is 9.12 Å². The number of rotatable bonds is 3. The molecule has 0 spiro atoms. The summed E-state index contributed by atoms with van der Waals surface area (Å²) < 4.78 is 76.7. The second-order valence-corrected chi connectivity index (χ2v) is 17.5. The molecule has 0 fully saturated rings. The van der Waals surface area contributed by atoms with Crippen LogP contribution in [0.1, 0.15) is 94.3 Å². The predicted molar refractivity (Wildman–Crippen MR) is 217 cm³/mol. The molecule has 9 heteroatoms. The molecule has 1 atom stereocenters. The van der Waals surface area contributed by atoms with Gasteiger partial charge in [0.15, 0.2) is 0 Å². The number of hydrogen-bond acceptors (Lipinski definition) is 0. The quantitative estimate of drug-likeness (QED) is 0.123. The third-order valence-electron chi connectivity index (χ3n) is 9.75. The molecule has 304 valence electrons. The number of fused-ring (bicyclic) bond motifs is 3. The molecule has 1 aliphatic carbocycles. The van der Waals surface area contributed by atoms with Crippen LogP contribution in [0, 0.1) is 12.0 Å². The molecule has 0 nitrogen and oxygen atoms in total. The Labute approximate surface area is 366 Å². The number of halogens is 8.